The van der Waals surface area contributed by atoms with Crippen LogP contribution in [0, 0.1) is 0 Å². The van der Waals surface area contributed by atoms with Crippen molar-refractivity contribution in [3.63, 3.8) is 0 Å². The van der Waals surface area contributed by atoms with Gasteiger partial charge >= 0.3 is 6.03 Å². The number of hydrazine groups is 3. The summed E-state index contributed by atoms with van der Waals surface area (Å²) in [4.78, 5) is 10.2. The molecule has 0 radical (unpaired) electrons. The van der Waals surface area contributed by atoms with Gasteiger partial charge in [-0.1, -0.05) is 6.92 Å². The van der Waals surface area contributed by atoms with Crippen molar-refractivity contribution >= 4 is 6.03 Å². The quantitative estimate of drug-likeness (QED) is 0.136. The normalized spacial score (nSPS) is 8.67. The lowest BCUT2D eigenvalue weighted by Crippen LogP contribution is -2.52. The average Bonchev–Trinajstić information content (AvgIpc) is 1.89. The molecule has 0 aromatic heterocycles. The molecular weight excluding hydrogens is 122 g/mol. The van der Waals surface area contributed by atoms with Crippen molar-refractivity contribution in [2.45, 2.75) is 6.92 Å². The molecule has 0 aromatic rings. The van der Waals surface area contributed by atoms with Gasteiger partial charge in [-0.25, -0.2) is 16.1 Å². The van der Waals surface area contributed by atoms with Crippen molar-refractivity contribution in [2.24, 2.45) is 5.84 Å². The predicted molar refractivity (Wildman–Crippen MR) is 32.7 cm³/mol. The third-order valence-electron chi connectivity index (χ3n) is 0.572. The van der Waals surface area contributed by atoms with E-state index in [9.17, 15) is 4.79 Å². The van der Waals surface area contributed by atoms with Crippen molar-refractivity contribution in [2.75, 3.05) is 6.54 Å². The van der Waals surface area contributed by atoms with Crippen LogP contribution in [0.15, 0.2) is 0 Å². The highest BCUT2D eigenvalue weighted by Gasteiger charge is 1.89. The van der Waals surface area contributed by atoms with Crippen LogP contribution in [-0.4, -0.2) is 12.6 Å². The first-order chi connectivity index (χ1) is 4.31. The predicted octanol–water partition coefficient (Wildman–Crippen LogP) is -1.81. The molecular formula is C3H11N5O. The largest absolute Gasteiger partial charge is 0.344 e. The summed E-state index contributed by atoms with van der Waals surface area (Å²) < 4.78 is 0. The lowest BCUT2D eigenvalue weighted by Gasteiger charge is -2.04. The second-order valence-corrected chi connectivity index (χ2v) is 1.25. The van der Waals surface area contributed by atoms with Gasteiger partial charge < -0.3 is 0 Å². The summed E-state index contributed by atoms with van der Waals surface area (Å²) in [6.07, 6.45) is 0. The van der Waals surface area contributed by atoms with Crippen molar-refractivity contribution in [3.8, 4) is 0 Å². The number of hydrogen-bond acceptors (Lipinski definition) is 4. The monoisotopic (exact) mass is 133 g/mol. The molecule has 54 valence electrons. The van der Waals surface area contributed by atoms with Crippen LogP contribution in [0.2, 0.25) is 0 Å². The van der Waals surface area contributed by atoms with E-state index in [1.807, 2.05) is 12.3 Å². The number of nitrogens with one attached hydrogen (secondary N) is 4. The zero-order valence-electron chi connectivity index (χ0n) is 5.19. The fraction of sp³-hybridized carbons (Fsp3) is 0.667. The van der Waals surface area contributed by atoms with Crippen LogP contribution in [0.1, 0.15) is 6.92 Å². The fourth-order valence-corrected chi connectivity index (χ4v) is 0.225. The number of carbonyl (C=O) groups excluding carboxylic acids is 1. The van der Waals surface area contributed by atoms with E-state index in [4.69, 9.17) is 5.84 Å². The Bertz CT molecular complexity index is 84.3. The molecule has 0 aliphatic rings. The topological polar surface area (TPSA) is 91.2 Å². The summed E-state index contributed by atoms with van der Waals surface area (Å²) in [5.41, 5.74) is 9.10. The molecule has 0 bridgehead atoms. The number of urea groups is 1. The summed E-state index contributed by atoms with van der Waals surface area (Å²) >= 11 is 0. The Morgan fingerprint density at radius 1 is 1.67 bits per heavy atom. The third-order valence-corrected chi connectivity index (χ3v) is 0.572. The first-order valence-corrected chi connectivity index (χ1v) is 2.55. The molecule has 0 spiro atoms. The van der Waals surface area contributed by atoms with Gasteiger partial charge in [0.2, 0.25) is 0 Å². The number of carbonyl (C=O) groups is 1. The van der Waals surface area contributed by atoms with E-state index < -0.39 is 6.03 Å². The molecule has 2 amide bonds. The van der Waals surface area contributed by atoms with Gasteiger partial charge in [-0.2, -0.15) is 5.53 Å². The van der Waals surface area contributed by atoms with Crippen molar-refractivity contribution in [1.29, 1.82) is 0 Å². The zero-order chi connectivity index (χ0) is 7.11. The van der Waals surface area contributed by atoms with E-state index in [1.165, 1.54) is 0 Å². The van der Waals surface area contributed by atoms with Crippen molar-refractivity contribution in [1.82, 2.24) is 21.8 Å². The van der Waals surface area contributed by atoms with E-state index in [1.54, 1.807) is 0 Å². The van der Waals surface area contributed by atoms with Crippen LogP contribution in [0.3, 0.4) is 0 Å². The molecule has 0 aliphatic carbocycles. The van der Waals surface area contributed by atoms with E-state index in [-0.39, 0.29) is 0 Å². The van der Waals surface area contributed by atoms with Gasteiger partial charge in [-0.05, 0) is 0 Å². The van der Waals surface area contributed by atoms with Crippen LogP contribution >= 0.6 is 0 Å². The number of rotatable bonds is 3. The summed E-state index contributed by atoms with van der Waals surface area (Å²) in [5, 5.41) is 0. The maximum Gasteiger partial charge on any atom is 0.344 e. The molecule has 0 fully saturated rings. The smallest absolute Gasteiger partial charge is 0.275 e. The second kappa shape index (κ2) is 5.29. The van der Waals surface area contributed by atoms with Gasteiger partial charge in [0, 0.05) is 6.54 Å². The first kappa shape index (κ1) is 8.15. The Balaban J connectivity index is 2.97. The van der Waals surface area contributed by atoms with Crippen LogP contribution in [0.4, 0.5) is 4.79 Å². The maximum absolute atomic E-state index is 10.2. The van der Waals surface area contributed by atoms with Crippen LogP contribution in [0.5, 0.6) is 0 Å². The Hall–Kier alpha value is -0.850. The molecule has 0 unspecified atom stereocenters. The SMILES string of the molecule is CCNNNC(=O)NN. The summed E-state index contributed by atoms with van der Waals surface area (Å²) in [6.45, 7) is 2.60. The standard InChI is InChI=1S/C3H11N5O/c1-2-5-8-7-3(9)6-4/h5,8H,2,4H2,1H3,(H2,6,7,9). The minimum absolute atomic E-state index is 0.490. The van der Waals surface area contributed by atoms with Crippen molar-refractivity contribution in [3.05, 3.63) is 0 Å². The molecule has 0 heterocycles. The minimum Gasteiger partial charge on any atom is -0.275 e. The first-order valence-electron chi connectivity index (χ1n) is 2.55. The van der Waals surface area contributed by atoms with E-state index in [0.29, 0.717) is 6.54 Å². The summed E-state index contributed by atoms with van der Waals surface area (Å²) in [7, 11) is 0. The molecule has 6 N–H and O–H groups in total. The highest BCUT2D eigenvalue weighted by atomic mass is 16.2. The number of hydrogen-bond donors (Lipinski definition) is 5. The van der Waals surface area contributed by atoms with Gasteiger partial charge in [0.25, 0.3) is 0 Å². The lowest BCUT2D eigenvalue weighted by molar-refractivity contribution is 0.234. The Morgan fingerprint density at radius 2 is 2.33 bits per heavy atom. The highest BCUT2D eigenvalue weighted by Crippen LogP contribution is 1.49. The zero-order valence-corrected chi connectivity index (χ0v) is 5.19. The number of nitrogens with two attached hydrogens (primary N) is 1. The highest BCUT2D eigenvalue weighted by molar-refractivity contribution is 5.72. The molecule has 6 nitrogen and oxygen atoms in total. The molecule has 0 saturated carbocycles. The van der Waals surface area contributed by atoms with Gasteiger partial charge in [-0.3, -0.25) is 10.9 Å². The molecule has 0 aromatic carbocycles. The fourth-order valence-electron chi connectivity index (χ4n) is 0.225. The Morgan fingerprint density at radius 3 is 2.78 bits per heavy atom. The van der Waals surface area contributed by atoms with Crippen LogP contribution in [0.25, 0.3) is 0 Å². The second-order valence-electron chi connectivity index (χ2n) is 1.25. The van der Waals surface area contributed by atoms with E-state index in [0.717, 1.165) is 0 Å². The lowest BCUT2D eigenvalue weighted by atomic mass is 10.8. The Labute approximate surface area is 53.1 Å². The van der Waals surface area contributed by atoms with E-state index >= 15 is 0 Å². The third kappa shape index (κ3) is 5.01. The average molecular weight is 133 g/mol. The van der Waals surface area contributed by atoms with Gasteiger partial charge in [-0.15, -0.1) is 0 Å². The summed E-state index contributed by atoms with van der Waals surface area (Å²) in [5.74, 6) is 4.72. The minimum atomic E-state index is -0.490. The molecule has 0 rings (SSSR count). The van der Waals surface area contributed by atoms with E-state index in [2.05, 4.69) is 16.4 Å². The maximum atomic E-state index is 10.2. The van der Waals surface area contributed by atoms with Crippen LogP contribution in [-0.2, 0) is 0 Å². The molecule has 0 aliphatic heterocycles. The molecule has 0 atom stereocenters. The Kier molecular flexibility index (Phi) is 4.79. The van der Waals surface area contributed by atoms with Gasteiger partial charge in [0.15, 0.2) is 0 Å². The number of amides is 2. The van der Waals surface area contributed by atoms with Crippen LogP contribution < -0.4 is 27.7 Å². The summed E-state index contributed by atoms with van der Waals surface area (Å²) in [6, 6.07) is -0.490. The molecule has 9 heavy (non-hydrogen) atoms. The van der Waals surface area contributed by atoms with Gasteiger partial charge in [0.05, 0.1) is 0 Å². The molecule has 0 saturated heterocycles. The van der Waals surface area contributed by atoms with Gasteiger partial charge in [0.1, 0.15) is 0 Å². The van der Waals surface area contributed by atoms with Crippen molar-refractivity contribution < 1.29 is 4.79 Å². The molecule has 6 heteroatoms.